The fourth-order valence-corrected chi connectivity index (χ4v) is 2.01. The molecule has 0 atom stereocenters. The van der Waals surface area contributed by atoms with E-state index in [1.54, 1.807) is 0 Å². The van der Waals surface area contributed by atoms with Gasteiger partial charge in [0.1, 0.15) is 0 Å². The van der Waals surface area contributed by atoms with Crippen LogP contribution in [0.25, 0.3) is 23.1 Å². The molecule has 2 N–H and O–H groups in total. The summed E-state index contributed by atoms with van der Waals surface area (Å²) in [5.74, 6) is 0. The van der Waals surface area contributed by atoms with E-state index in [4.69, 9.17) is 5.73 Å². The summed E-state index contributed by atoms with van der Waals surface area (Å²) in [4.78, 5) is 4.59. The van der Waals surface area contributed by atoms with Gasteiger partial charge in [0.15, 0.2) is 0 Å². The number of fused-ring (bicyclic) bond motifs is 1. The quantitative estimate of drug-likeness (QED) is 0.694. The van der Waals surface area contributed by atoms with Crippen LogP contribution in [-0.2, 0) is 0 Å². The van der Waals surface area contributed by atoms with Crippen molar-refractivity contribution in [2.24, 2.45) is 0 Å². The van der Waals surface area contributed by atoms with Crippen LogP contribution in [0.3, 0.4) is 0 Å². The summed E-state index contributed by atoms with van der Waals surface area (Å²) >= 11 is 0. The van der Waals surface area contributed by atoms with Crippen LogP contribution in [0.2, 0.25) is 0 Å². The van der Waals surface area contributed by atoms with Gasteiger partial charge in [-0.3, -0.25) is 0 Å². The summed E-state index contributed by atoms with van der Waals surface area (Å²) in [5.41, 5.74) is 9.63. The first kappa shape index (κ1) is 11.5. The summed E-state index contributed by atoms with van der Waals surface area (Å²) in [5, 5.41) is 1.15. The number of rotatable bonds is 2. The topological polar surface area (TPSA) is 38.9 Å². The maximum Gasteiger partial charge on any atom is 0.0709 e. The Kier molecular flexibility index (Phi) is 2.99. The smallest absolute Gasteiger partial charge is 0.0709 e. The Hall–Kier alpha value is -2.61. The van der Waals surface area contributed by atoms with E-state index in [0.717, 1.165) is 27.8 Å². The number of aromatic nitrogens is 1. The second-order valence-corrected chi connectivity index (χ2v) is 4.39. The van der Waals surface area contributed by atoms with E-state index in [2.05, 4.69) is 17.1 Å². The van der Waals surface area contributed by atoms with Crippen LogP contribution in [0, 0.1) is 0 Å². The Balaban J connectivity index is 1.95. The lowest BCUT2D eigenvalue weighted by atomic mass is 10.1. The lowest BCUT2D eigenvalue weighted by molar-refractivity contribution is 1.37. The zero-order chi connectivity index (χ0) is 13.1. The summed E-state index contributed by atoms with van der Waals surface area (Å²) < 4.78 is 0. The number of para-hydroxylation sites is 2. The monoisotopic (exact) mass is 246 g/mol. The molecule has 0 aliphatic heterocycles. The van der Waals surface area contributed by atoms with Crippen molar-refractivity contribution in [1.29, 1.82) is 0 Å². The summed E-state index contributed by atoms with van der Waals surface area (Å²) in [6.07, 6.45) is 3.98. The molecule has 0 unspecified atom stereocenters. The molecule has 1 aromatic heterocycles. The number of anilines is 1. The van der Waals surface area contributed by atoms with Crippen molar-refractivity contribution < 1.29 is 0 Å². The zero-order valence-corrected chi connectivity index (χ0v) is 10.5. The molecule has 0 aliphatic rings. The molecule has 0 bridgehead atoms. The van der Waals surface area contributed by atoms with Crippen LogP contribution in [0.4, 0.5) is 5.69 Å². The van der Waals surface area contributed by atoms with Gasteiger partial charge < -0.3 is 5.73 Å². The third-order valence-electron chi connectivity index (χ3n) is 3.05. The summed E-state index contributed by atoms with van der Waals surface area (Å²) in [6, 6.07) is 20.0. The van der Waals surface area contributed by atoms with Gasteiger partial charge >= 0.3 is 0 Å². The second-order valence-electron chi connectivity index (χ2n) is 4.39. The highest BCUT2D eigenvalue weighted by molar-refractivity contribution is 5.81. The Morgan fingerprint density at radius 1 is 0.789 bits per heavy atom. The maximum absolute atomic E-state index is 5.90. The van der Waals surface area contributed by atoms with E-state index in [9.17, 15) is 0 Å². The van der Waals surface area contributed by atoms with Crippen LogP contribution in [0.5, 0.6) is 0 Å². The van der Waals surface area contributed by atoms with Gasteiger partial charge in [0.2, 0.25) is 0 Å². The fraction of sp³-hybridized carbons (Fsp3) is 0. The lowest BCUT2D eigenvalue weighted by Crippen LogP contribution is -1.87. The van der Waals surface area contributed by atoms with Crippen LogP contribution in [0.15, 0.2) is 60.7 Å². The van der Waals surface area contributed by atoms with Crippen molar-refractivity contribution in [2.75, 3.05) is 5.73 Å². The largest absolute Gasteiger partial charge is 0.398 e. The fourth-order valence-electron chi connectivity index (χ4n) is 2.01. The molecule has 0 saturated heterocycles. The van der Waals surface area contributed by atoms with E-state index >= 15 is 0 Å². The van der Waals surface area contributed by atoms with Gasteiger partial charge in [-0.2, -0.15) is 0 Å². The van der Waals surface area contributed by atoms with Crippen molar-refractivity contribution in [3.05, 3.63) is 71.9 Å². The molecular weight excluding hydrogens is 232 g/mol. The van der Waals surface area contributed by atoms with Crippen molar-refractivity contribution >= 4 is 28.7 Å². The van der Waals surface area contributed by atoms with E-state index < -0.39 is 0 Å². The van der Waals surface area contributed by atoms with Gasteiger partial charge in [-0.05, 0) is 29.8 Å². The first-order valence-electron chi connectivity index (χ1n) is 6.21. The average molecular weight is 246 g/mol. The standard InChI is InChI=1S/C17H14N2/c18-16-7-3-1-5-13(16)9-11-15-12-10-14-6-2-4-8-17(14)19-15/h1-12H,18H2/b11-9+. The molecule has 2 nitrogen and oxygen atoms in total. The molecule has 2 aromatic carbocycles. The lowest BCUT2D eigenvalue weighted by Gasteiger charge is -2.00. The molecule has 19 heavy (non-hydrogen) atoms. The van der Waals surface area contributed by atoms with Gasteiger partial charge in [-0.15, -0.1) is 0 Å². The Labute approximate surface area is 112 Å². The Bertz CT molecular complexity index is 745. The van der Waals surface area contributed by atoms with E-state index in [1.807, 2.05) is 60.7 Å². The minimum absolute atomic E-state index is 0.777. The third-order valence-corrected chi connectivity index (χ3v) is 3.05. The van der Waals surface area contributed by atoms with E-state index in [-0.39, 0.29) is 0 Å². The minimum atomic E-state index is 0.777. The third kappa shape index (κ3) is 2.47. The molecule has 0 radical (unpaired) electrons. The van der Waals surface area contributed by atoms with Crippen molar-refractivity contribution in [1.82, 2.24) is 4.98 Å². The van der Waals surface area contributed by atoms with E-state index in [1.165, 1.54) is 0 Å². The average Bonchev–Trinajstić information content (AvgIpc) is 2.46. The number of pyridine rings is 1. The molecule has 0 aliphatic carbocycles. The zero-order valence-electron chi connectivity index (χ0n) is 10.5. The predicted molar refractivity (Wildman–Crippen MR) is 81.5 cm³/mol. The van der Waals surface area contributed by atoms with Gasteiger partial charge in [-0.1, -0.05) is 48.5 Å². The Morgan fingerprint density at radius 2 is 1.58 bits per heavy atom. The molecule has 0 fully saturated rings. The number of nitrogen functional groups attached to an aromatic ring is 1. The summed E-state index contributed by atoms with van der Waals surface area (Å²) in [7, 11) is 0. The number of hydrogen-bond donors (Lipinski definition) is 1. The molecule has 3 aromatic rings. The van der Waals surface area contributed by atoms with Gasteiger partial charge in [-0.25, -0.2) is 4.98 Å². The molecule has 0 amide bonds. The second kappa shape index (κ2) is 4.94. The molecule has 3 rings (SSSR count). The SMILES string of the molecule is Nc1ccccc1/C=C/c1ccc2ccccc2n1. The maximum atomic E-state index is 5.90. The van der Waals surface area contributed by atoms with Crippen molar-refractivity contribution in [3.63, 3.8) is 0 Å². The first-order valence-corrected chi connectivity index (χ1v) is 6.21. The molecule has 0 saturated carbocycles. The van der Waals surface area contributed by atoms with Crippen molar-refractivity contribution in [3.8, 4) is 0 Å². The first-order chi connectivity index (χ1) is 9.33. The van der Waals surface area contributed by atoms with Crippen molar-refractivity contribution in [2.45, 2.75) is 0 Å². The highest BCUT2D eigenvalue weighted by Crippen LogP contribution is 2.16. The number of nitrogens with two attached hydrogens (primary N) is 1. The minimum Gasteiger partial charge on any atom is -0.398 e. The Morgan fingerprint density at radius 3 is 2.47 bits per heavy atom. The predicted octanol–water partition coefficient (Wildman–Crippen LogP) is 3.99. The highest BCUT2D eigenvalue weighted by atomic mass is 14.7. The van der Waals surface area contributed by atoms with E-state index in [0.29, 0.717) is 0 Å². The van der Waals surface area contributed by atoms with Crippen LogP contribution >= 0.6 is 0 Å². The van der Waals surface area contributed by atoms with Crippen LogP contribution in [-0.4, -0.2) is 4.98 Å². The number of benzene rings is 2. The molecular formula is C17H14N2. The van der Waals surface area contributed by atoms with Crippen LogP contribution in [0.1, 0.15) is 11.3 Å². The number of nitrogens with zero attached hydrogens (tertiary/aromatic N) is 1. The molecule has 0 spiro atoms. The molecule has 1 heterocycles. The normalized spacial score (nSPS) is 11.2. The van der Waals surface area contributed by atoms with Crippen LogP contribution < -0.4 is 5.73 Å². The number of hydrogen-bond acceptors (Lipinski definition) is 2. The van der Waals surface area contributed by atoms with Gasteiger partial charge in [0.05, 0.1) is 11.2 Å². The highest BCUT2D eigenvalue weighted by Gasteiger charge is 1.96. The summed E-state index contributed by atoms with van der Waals surface area (Å²) in [6.45, 7) is 0. The molecule has 2 heteroatoms. The molecule has 92 valence electrons. The van der Waals surface area contributed by atoms with Gasteiger partial charge in [0.25, 0.3) is 0 Å². The van der Waals surface area contributed by atoms with Gasteiger partial charge in [0, 0.05) is 11.1 Å².